The van der Waals surface area contributed by atoms with Crippen LogP contribution in [0.2, 0.25) is 10.0 Å². The van der Waals surface area contributed by atoms with E-state index in [-0.39, 0.29) is 12.0 Å². The van der Waals surface area contributed by atoms with Crippen molar-refractivity contribution in [2.75, 3.05) is 6.54 Å². The maximum absolute atomic E-state index is 12.1. The summed E-state index contributed by atoms with van der Waals surface area (Å²) >= 11 is 12.0. The number of hydrogen-bond donors (Lipinski definition) is 2. The normalized spacial score (nSPS) is 23.1. The molecule has 2 rings (SSSR count). The Morgan fingerprint density at radius 2 is 1.79 bits per heavy atom. The molecule has 104 valence electrons. The lowest BCUT2D eigenvalue weighted by atomic mass is 9.87. The van der Waals surface area contributed by atoms with Gasteiger partial charge in [0.2, 0.25) is 0 Å². The molecule has 1 fully saturated rings. The summed E-state index contributed by atoms with van der Waals surface area (Å²) in [6.45, 7) is 0.604. The van der Waals surface area contributed by atoms with Crippen molar-refractivity contribution in [2.24, 2.45) is 5.92 Å². The monoisotopic (exact) mass is 301 g/mol. The summed E-state index contributed by atoms with van der Waals surface area (Å²) in [6.07, 6.45) is 3.33. The lowest BCUT2D eigenvalue weighted by Crippen LogP contribution is -2.32. The number of benzene rings is 1. The zero-order chi connectivity index (χ0) is 13.8. The van der Waals surface area contributed by atoms with Gasteiger partial charge < -0.3 is 10.4 Å². The summed E-state index contributed by atoms with van der Waals surface area (Å²) in [7, 11) is 0. The molecule has 19 heavy (non-hydrogen) atoms. The van der Waals surface area contributed by atoms with Gasteiger partial charge in [0.05, 0.1) is 21.7 Å². The van der Waals surface area contributed by atoms with E-state index in [0.29, 0.717) is 28.1 Å². The van der Waals surface area contributed by atoms with Gasteiger partial charge in [0.25, 0.3) is 5.91 Å². The Morgan fingerprint density at radius 3 is 2.37 bits per heavy atom. The van der Waals surface area contributed by atoms with Gasteiger partial charge in [0.15, 0.2) is 0 Å². The number of carbonyl (C=O) groups excluding carboxylic acids is 1. The van der Waals surface area contributed by atoms with E-state index in [9.17, 15) is 9.90 Å². The fraction of sp³-hybridized carbons (Fsp3) is 0.500. The van der Waals surface area contributed by atoms with Crippen LogP contribution in [0, 0.1) is 5.92 Å². The van der Waals surface area contributed by atoms with Crippen molar-refractivity contribution < 1.29 is 9.90 Å². The number of aliphatic hydroxyl groups excluding tert-OH is 1. The molecule has 1 amide bonds. The van der Waals surface area contributed by atoms with Crippen LogP contribution < -0.4 is 5.32 Å². The van der Waals surface area contributed by atoms with Crippen molar-refractivity contribution >= 4 is 29.1 Å². The molecule has 0 atom stereocenters. The average molecular weight is 302 g/mol. The number of carbonyl (C=O) groups is 1. The van der Waals surface area contributed by atoms with Gasteiger partial charge in [-0.1, -0.05) is 29.3 Å². The molecule has 2 N–H and O–H groups in total. The summed E-state index contributed by atoms with van der Waals surface area (Å²) in [4.78, 5) is 12.1. The molecule has 1 aliphatic rings. The molecule has 1 aliphatic carbocycles. The maximum Gasteiger partial charge on any atom is 0.254 e. The first-order chi connectivity index (χ1) is 9.08. The number of amides is 1. The Bertz CT molecular complexity index is 437. The fourth-order valence-electron chi connectivity index (χ4n) is 2.39. The number of halogens is 2. The van der Waals surface area contributed by atoms with Crippen molar-refractivity contribution in [1.29, 1.82) is 0 Å². The van der Waals surface area contributed by atoms with E-state index in [2.05, 4.69) is 5.32 Å². The van der Waals surface area contributed by atoms with Crippen LogP contribution >= 0.6 is 23.2 Å². The molecule has 1 aromatic carbocycles. The molecule has 0 aliphatic heterocycles. The van der Waals surface area contributed by atoms with Crippen molar-refractivity contribution in [3.05, 3.63) is 33.8 Å². The van der Waals surface area contributed by atoms with E-state index in [0.717, 1.165) is 25.7 Å². The quantitative estimate of drug-likeness (QED) is 0.900. The second kappa shape index (κ2) is 6.60. The Balaban J connectivity index is 1.91. The molecule has 0 saturated heterocycles. The standard InChI is InChI=1S/C14H17Cl2NO2/c15-11-2-1-3-12(16)13(11)14(19)17-8-9-4-6-10(18)7-5-9/h1-3,9-10,18H,4-8H2,(H,17,19). The van der Waals surface area contributed by atoms with Crippen molar-refractivity contribution in [3.63, 3.8) is 0 Å². The predicted octanol–water partition coefficient (Wildman–Crippen LogP) is 3.27. The second-order valence-corrected chi connectivity index (χ2v) is 5.80. The summed E-state index contributed by atoms with van der Waals surface area (Å²) in [5, 5.41) is 13.0. The Kier molecular flexibility index (Phi) is 5.08. The van der Waals surface area contributed by atoms with Crippen LogP contribution in [0.4, 0.5) is 0 Å². The molecule has 0 radical (unpaired) electrons. The van der Waals surface area contributed by atoms with Crippen LogP contribution in [-0.2, 0) is 0 Å². The lowest BCUT2D eigenvalue weighted by Gasteiger charge is -2.25. The highest BCUT2D eigenvalue weighted by atomic mass is 35.5. The van der Waals surface area contributed by atoms with E-state index in [1.165, 1.54) is 0 Å². The third kappa shape index (κ3) is 3.85. The van der Waals surface area contributed by atoms with Crippen molar-refractivity contribution in [2.45, 2.75) is 31.8 Å². The molecule has 0 bridgehead atoms. The van der Waals surface area contributed by atoms with E-state index >= 15 is 0 Å². The minimum absolute atomic E-state index is 0.176. The molecule has 0 spiro atoms. The zero-order valence-corrected chi connectivity index (χ0v) is 12.0. The lowest BCUT2D eigenvalue weighted by molar-refractivity contribution is 0.0910. The Hall–Kier alpha value is -0.770. The van der Waals surface area contributed by atoms with E-state index in [1.54, 1.807) is 18.2 Å². The van der Waals surface area contributed by atoms with Crippen molar-refractivity contribution in [1.82, 2.24) is 5.32 Å². The summed E-state index contributed by atoms with van der Waals surface area (Å²) in [5.74, 6) is 0.190. The van der Waals surface area contributed by atoms with Gasteiger partial charge >= 0.3 is 0 Å². The molecule has 0 aromatic heterocycles. The molecular formula is C14H17Cl2NO2. The van der Waals surface area contributed by atoms with Gasteiger partial charge in [-0.25, -0.2) is 0 Å². The Labute approximate surface area is 122 Å². The van der Waals surface area contributed by atoms with Gasteiger partial charge in [0, 0.05) is 6.54 Å². The largest absolute Gasteiger partial charge is 0.393 e. The van der Waals surface area contributed by atoms with Crippen LogP contribution in [-0.4, -0.2) is 23.7 Å². The van der Waals surface area contributed by atoms with Crippen LogP contribution in [0.15, 0.2) is 18.2 Å². The van der Waals surface area contributed by atoms with Gasteiger partial charge in [0.1, 0.15) is 0 Å². The smallest absolute Gasteiger partial charge is 0.254 e. The number of rotatable bonds is 3. The molecule has 1 saturated carbocycles. The minimum Gasteiger partial charge on any atom is -0.393 e. The summed E-state index contributed by atoms with van der Waals surface area (Å²) in [6, 6.07) is 5.02. The molecule has 1 aromatic rings. The van der Waals surface area contributed by atoms with Crippen LogP contribution in [0.25, 0.3) is 0 Å². The maximum atomic E-state index is 12.1. The highest BCUT2D eigenvalue weighted by Gasteiger charge is 2.21. The average Bonchev–Trinajstić information content (AvgIpc) is 2.38. The van der Waals surface area contributed by atoms with Crippen LogP contribution in [0.5, 0.6) is 0 Å². The first kappa shape index (κ1) is 14.6. The first-order valence-corrected chi connectivity index (χ1v) is 7.24. The molecule has 5 heteroatoms. The van der Waals surface area contributed by atoms with E-state index in [1.807, 2.05) is 0 Å². The highest BCUT2D eigenvalue weighted by molar-refractivity contribution is 6.39. The molecule has 0 unspecified atom stereocenters. The molecule has 0 heterocycles. The SMILES string of the molecule is O=C(NCC1CCC(O)CC1)c1c(Cl)cccc1Cl. The zero-order valence-electron chi connectivity index (χ0n) is 10.5. The fourth-order valence-corrected chi connectivity index (χ4v) is 2.96. The van der Waals surface area contributed by atoms with Crippen LogP contribution in [0.1, 0.15) is 36.0 Å². The van der Waals surface area contributed by atoms with Gasteiger partial charge in [-0.05, 0) is 43.7 Å². The number of nitrogens with one attached hydrogen (secondary N) is 1. The van der Waals surface area contributed by atoms with Gasteiger partial charge in [-0.3, -0.25) is 4.79 Å². The summed E-state index contributed by atoms with van der Waals surface area (Å²) in [5.41, 5.74) is 0.335. The Morgan fingerprint density at radius 1 is 1.21 bits per heavy atom. The van der Waals surface area contributed by atoms with Crippen LogP contribution in [0.3, 0.4) is 0 Å². The topological polar surface area (TPSA) is 49.3 Å². The number of aliphatic hydroxyl groups is 1. The molecule has 3 nitrogen and oxygen atoms in total. The third-order valence-electron chi connectivity index (χ3n) is 3.56. The second-order valence-electron chi connectivity index (χ2n) is 4.98. The predicted molar refractivity (Wildman–Crippen MR) is 76.8 cm³/mol. The minimum atomic E-state index is -0.235. The van der Waals surface area contributed by atoms with E-state index < -0.39 is 0 Å². The number of hydrogen-bond acceptors (Lipinski definition) is 2. The molecular weight excluding hydrogens is 285 g/mol. The van der Waals surface area contributed by atoms with Gasteiger partial charge in [-0.2, -0.15) is 0 Å². The van der Waals surface area contributed by atoms with Crippen molar-refractivity contribution in [3.8, 4) is 0 Å². The third-order valence-corrected chi connectivity index (χ3v) is 4.19. The summed E-state index contributed by atoms with van der Waals surface area (Å²) < 4.78 is 0. The van der Waals surface area contributed by atoms with Gasteiger partial charge in [-0.15, -0.1) is 0 Å². The first-order valence-electron chi connectivity index (χ1n) is 6.48. The highest BCUT2D eigenvalue weighted by Crippen LogP contribution is 2.25. The van der Waals surface area contributed by atoms with E-state index in [4.69, 9.17) is 23.2 Å².